The Balaban J connectivity index is 2.17. The van der Waals surface area contributed by atoms with Gasteiger partial charge in [0, 0.05) is 24.8 Å². The fourth-order valence-electron chi connectivity index (χ4n) is 2.11. The lowest BCUT2D eigenvalue weighted by Crippen LogP contribution is -2.42. The van der Waals surface area contributed by atoms with Crippen molar-refractivity contribution in [3.05, 3.63) is 34.2 Å². The number of aromatic nitrogens is 1. The van der Waals surface area contributed by atoms with E-state index in [-0.39, 0.29) is 11.5 Å². The van der Waals surface area contributed by atoms with Crippen LogP contribution in [-0.4, -0.2) is 28.4 Å². The maximum Gasteiger partial charge on any atom is 0.255 e. The molecule has 0 radical (unpaired) electrons. The molecule has 1 fully saturated rings. The van der Waals surface area contributed by atoms with Crippen LogP contribution in [0.15, 0.2) is 23.1 Å². The van der Waals surface area contributed by atoms with E-state index in [9.17, 15) is 9.59 Å². The molecular formula is C12H16N2O2. The molecule has 1 amide bonds. The van der Waals surface area contributed by atoms with E-state index in [1.165, 1.54) is 18.7 Å². The second-order valence-corrected chi connectivity index (χ2v) is 4.28. The Bertz CT molecular complexity index is 418. The topological polar surface area (TPSA) is 53.2 Å². The van der Waals surface area contributed by atoms with E-state index in [2.05, 4.69) is 11.9 Å². The minimum Gasteiger partial charge on any atom is -0.336 e. The summed E-state index contributed by atoms with van der Waals surface area (Å²) in [5.41, 5.74) is 0.386. The summed E-state index contributed by atoms with van der Waals surface area (Å²) in [6.07, 6.45) is 4.82. The zero-order valence-electron chi connectivity index (χ0n) is 9.40. The molecule has 0 saturated carbocycles. The Kier molecular flexibility index (Phi) is 3.08. The number of H-pyrrole nitrogens is 1. The number of amides is 1. The maximum absolute atomic E-state index is 12.1. The molecule has 1 unspecified atom stereocenters. The molecule has 1 aromatic rings. The number of hydrogen-bond acceptors (Lipinski definition) is 2. The molecule has 0 spiro atoms. The second-order valence-electron chi connectivity index (χ2n) is 4.28. The summed E-state index contributed by atoms with van der Waals surface area (Å²) in [6.45, 7) is 2.89. The molecule has 2 rings (SSSR count). The lowest BCUT2D eigenvalue weighted by atomic mass is 10.0. The first-order chi connectivity index (χ1) is 7.68. The minimum absolute atomic E-state index is 0.0171. The zero-order chi connectivity index (χ0) is 11.5. The summed E-state index contributed by atoms with van der Waals surface area (Å²) in [5.74, 6) is 0.0171. The number of pyridine rings is 1. The van der Waals surface area contributed by atoms with E-state index in [0.717, 1.165) is 19.4 Å². The number of carbonyl (C=O) groups excluding carboxylic acids is 1. The highest BCUT2D eigenvalue weighted by atomic mass is 16.2. The molecule has 0 aliphatic carbocycles. The van der Waals surface area contributed by atoms with E-state index in [1.54, 1.807) is 6.07 Å². The number of aromatic amines is 1. The van der Waals surface area contributed by atoms with Crippen molar-refractivity contribution in [3.63, 3.8) is 0 Å². The van der Waals surface area contributed by atoms with Gasteiger partial charge in [0.2, 0.25) is 5.56 Å². The Morgan fingerprint density at radius 3 is 2.88 bits per heavy atom. The van der Waals surface area contributed by atoms with Gasteiger partial charge in [0.05, 0.1) is 5.56 Å². The largest absolute Gasteiger partial charge is 0.336 e. The van der Waals surface area contributed by atoms with Crippen LogP contribution in [-0.2, 0) is 0 Å². The van der Waals surface area contributed by atoms with Crippen molar-refractivity contribution < 1.29 is 4.79 Å². The van der Waals surface area contributed by atoms with Gasteiger partial charge in [-0.05, 0) is 32.3 Å². The normalized spacial score (nSPS) is 20.8. The van der Waals surface area contributed by atoms with Crippen LogP contribution in [0, 0.1) is 0 Å². The fourth-order valence-corrected chi connectivity index (χ4v) is 2.11. The van der Waals surface area contributed by atoms with Crippen LogP contribution >= 0.6 is 0 Å². The van der Waals surface area contributed by atoms with Crippen molar-refractivity contribution in [2.24, 2.45) is 0 Å². The predicted molar refractivity (Wildman–Crippen MR) is 61.4 cm³/mol. The maximum atomic E-state index is 12.1. The number of rotatable bonds is 1. The van der Waals surface area contributed by atoms with Gasteiger partial charge in [-0.3, -0.25) is 9.59 Å². The molecule has 1 N–H and O–H groups in total. The van der Waals surface area contributed by atoms with Gasteiger partial charge in [-0.25, -0.2) is 0 Å². The van der Waals surface area contributed by atoms with Crippen molar-refractivity contribution in [1.29, 1.82) is 0 Å². The fraction of sp³-hybridized carbons (Fsp3) is 0.500. The highest BCUT2D eigenvalue weighted by molar-refractivity contribution is 5.94. The first kappa shape index (κ1) is 10.9. The first-order valence-electron chi connectivity index (χ1n) is 5.68. The third-order valence-corrected chi connectivity index (χ3v) is 3.09. The molecule has 1 aromatic heterocycles. The van der Waals surface area contributed by atoms with Gasteiger partial charge in [0.25, 0.3) is 5.91 Å². The average molecular weight is 220 g/mol. The Morgan fingerprint density at radius 1 is 1.44 bits per heavy atom. The Labute approximate surface area is 94.3 Å². The first-order valence-corrected chi connectivity index (χ1v) is 5.68. The number of piperidine rings is 1. The van der Waals surface area contributed by atoms with Crippen molar-refractivity contribution in [2.45, 2.75) is 32.2 Å². The number of hydrogen-bond donors (Lipinski definition) is 1. The van der Waals surface area contributed by atoms with Crippen LogP contribution in [0.3, 0.4) is 0 Å². The molecule has 1 atom stereocenters. The van der Waals surface area contributed by atoms with Gasteiger partial charge in [-0.1, -0.05) is 0 Å². The molecule has 0 bridgehead atoms. The summed E-state index contributed by atoms with van der Waals surface area (Å²) in [4.78, 5) is 27.4. The third kappa shape index (κ3) is 2.15. The van der Waals surface area contributed by atoms with Gasteiger partial charge in [-0.2, -0.15) is 0 Å². The summed E-state index contributed by atoms with van der Waals surface area (Å²) in [5, 5.41) is 0. The molecule has 4 heteroatoms. The number of nitrogens with one attached hydrogen (secondary N) is 1. The lowest BCUT2D eigenvalue weighted by Gasteiger charge is -2.33. The minimum atomic E-state index is -0.178. The monoisotopic (exact) mass is 220 g/mol. The Morgan fingerprint density at radius 2 is 2.25 bits per heavy atom. The number of nitrogens with zero attached hydrogens (tertiary/aromatic N) is 1. The van der Waals surface area contributed by atoms with Gasteiger partial charge >= 0.3 is 0 Å². The van der Waals surface area contributed by atoms with Crippen LogP contribution in [0.5, 0.6) is 0 Å². The molecule has 86 valence electrons. The molecule has 1 aliphatic heterocycles. The molecule has 2 heterocycles. The van der Waals surface area contributed by atoms with Crippen LogP contribution in [0.4, 0.5) is 0 Å². The molecule has 1 aliphatic rings. The van der Waals surface area contributed by atoms with Crippen molar-refractivity contribution >= 4 is 5.91 Å². The predicted octanol–water partition coefficient (Wildman–Crippen LogP) is 1.39. The summed E-state index contributed by atoms with van der Waals surface area (Å²) in [7, 11) is 0. The van der Waals surface area contributed by atoms with Gasteiger partial charge < -0.3 is 9.88 Å². The Hall–Kier alpha value is -1.58. The van der Waals surface area contributed by atoms with Crippen LogP contribution in [0.2, 0.25) is 0 Å². The molecular weight excluding hydrogens is 204 g/mol. The summed E-state index contributed by atoms with van der Waals surface area (Å²) in [6, 6.07) is 3.28. The van der Waals surface area contributed by atoms with Crippen LogP contribution in [0.25, 0.3) is 0 Å². The zero-order valence-corrected chi connectivity index (χ0v) is 9.40. The highest BCUT2D eigenvalue weighted by Gasteiger charge is 2.23. The van der Waals surface area contributed by atoms with Gasteiger partial charge in [0.1, 0.15) is 0 Å². The summed E-state index contributed by atoms with van der Waals surface area (Å²) >= 11 is 0. The van der Waals surface area contributed by atoms with E-state index < -0.39 is 0 Å². The molecule has 0 aromatic carbocycles. The average Bonchev–Trinajstić information content (AvgIpc) is 2.30. The standard InChI is InChI=1S/C12H16N2O2/c1-9-4-2-3-7-14(9)12(16)10-5-6-11(15)13-8-10/h5-6,8-9H,2-4,7H2,1H3,(H,13,15). The molecule has 16 heavy (non-hydrogen) atoms. The smallest absolute Gasteiger partial charge is 0.255 e. The van der Waals surface area contributed by atoms with Gasteiger partial charge in [-0.15, -0.1) is 0 Å². The lowest BCUT2D eigenvalue weighted by molar-refractivity contribution is 0.0635. The van der Waals surface area contributed by atoms with Crippen molar-refractivity contribution in [3.8, 4) is 0 Å². The quantitative estimate of drug-likeness (QED) is 0.777. The third-order valence-electron chi connectivity index (χ3n) is 3.09. The summed E-state index contributed by atoms with van der Waals surface area (Å²) < 4.78 is 0. The van der Waals surface area contributed by atoms with Crippen molar-refractivity contribution in [2.75, 3.05) is 6.54 Å². The van der Waals surface area contributed by atoms with E-state index in [0.29, 0.717) is 11.6 Å². The second kappa shape index (κ2) is 4.51. The SMILES string of the molecule is CC1CCCCN1C(=O)c1ccc(=O)[nH]c1. The number of carbonyl (C=O) groups is 1. The van der Waals surface area contributed by atoms with E-state index in [1.807, 2.05) is 4.90 Å². The van der Waals surface area contributed by atoms with E-state index in [4.69, 9.17) is 0 Å². The van der Waals surface area contributed by atoms with Crippen LogP contribution < -0.4 is 5.56 Å². The number of likely N-dealkylation sites (tertiary alicyclic amines) is 1. The molecule has 1 saturated heterocycles. The molecule has 4 nitrogen and oxygen atoms in total. The van der Waals surface area contributed by atoms with Crippen LogP contribution in [0.1, 0.15) is 36.5 Å². The van der Waals surface area contributed by atoms with Gasteiger partial charge in [0.15, 0.2) is 0 Å². The van der Waals surface area contributed by atoms with E-state index >= 15 is 0 Å². The highest BCUT2D eigenvalue weighted by Crippen LogP contribution is 2.18. The van der Waals surface area contributed by atoms with Crippen molar-refractivity contribution in [1.82, 2.24) is 9.88 Å².